The molecule has 1 saturated heterocycles. The van der Waals surface area contributed by atoms with Crippen LogP contribution in [0.5, 0.6) is 5.75 Å². The number of ether oxygens (including phenoxy) is 1. The van der Waals surface area contributed by atoms with Gasteiger partial charge in [-0.15, -0.1) is 0 Å². The summed E-state index contributed by atoms with van der Waals surface area (Å²) in [6, 6.07) is 5.30. The van der Waals surface area contributed by atoms with Crippen LogP contribution in [0.25, 0.3) is 0 Å². The first kappa shape index (κ1) is 23.3. The van der Waals surface area contributed by atoms with Gasteiger partial charge in [0.15, 0.2) is 0 Å². The first-order valence-electron chi connectivity index (χ1n) is 12.5. The highest BCUT2D eigenvalue weighted by Gasteiger charge is 2.39. The van der Waals surface area contributed by atoms with Gasteiger partial charge in [0.25, 0.3) is 5.91 Å². The van der Waals surface area contributed by atoms with Gasteiger partial charge in [0, 0.05) is 42.7 Å². The first-order valence-corrected chi connectivity index (χ1v) is 12.5. The largest absolute Gasteiger partial charge is 0.489 e. The third-order valence-corrected chi connectivity index (χ3v) is 7.76. The average Bonchev–Trinajstić information content (AvgIpc) is 3.12. The molecular weight excluding hydrogens is 440 g/mol. The molecule has 3 fully saturated rings. The smallest absolute Gasteiger partial charge is 0.255 e. The molecule has 2 aliphatic carbocycles. The highest BCUT2D eigenvalue weighted by atomic mass is 19.3. The molecule has 2 amide bonds. The quantitative estimate of drug-likeness (QED) is 0.669. The SMILES string of the molecule is C=C1CCC(N2Cc3cc(O[C@@H]4CCCC[C@@H]4NC4CCC(F)(F)CC4)ccc3C2=O)C(=O)N1. The molecule has 0 radical (unpaired) electrons. The Labute approximate surface area is 199 Å². The average molecular weight is 474 g/mol. The third kappa shape index (κ3) is 4.83. The van der Waals surface area contributed by atoms with Crippen molar-refractivity contribution in [2.45, 2.75) is 101 Å². The minimum atomic E-state index is -2.53. The molecule has 1 aromatic rings. The van der Waals surface area contributed by atoms with Crippen molar-refractivity contribution in [3.8, 4) is 5.75 Å². The summed E-state index contributed by atoms with van der Waals surface area (Å²) < 4.78 is 33.5. The van der Waals surface area contributed by atoms with Crippen LogP contribution in [0.4, 0.5) is 8.78 Å². The van der Waals surface area contributed by atoms with Crippen molar-refractivity contribution < 1.29 is 23.1 Å². The van der Waals surface area contributed by atoms with Gasteiger partial charge < -0.3 is 20.3 Å². The molecule has 184 valence electrons. The summed E-state index contributed by atoms with van der Waals surface area (Å²) in [4.78, 5) is 27.0. The number of rotatable bonds is 5. The Kier molecular flexibility index (Phi) is 6.35. The van der Waals surface area contributed by atoms with Gasteiger partial charge in [-0.05, 0) is 68.7 Å². The number of fused-ring (bicyclic) bond motifs is 1. The molecule has 2 aliphatic heterocycles. The fourth-order valence-corrected chi connectivity index (χ4v) is 5.82. The van der Waals surface area contributed by atoms with Crippen molar-refractivity contribution >= 4 is 11.8 Å². The van der Waals surface area contributed by atoms with Crippen LogP contribution >= 0.6 is 0 Å². The van der Waals surface area contributed by atoms with E-state index >= 15 is 0 Å². The molecule has 1 unspecified atom stereocenters. The van der Waals surface area contributed by atoms with Crippen LogP contribution in [0, 0.1) is 0 Å². The number of halogens is 2. The second-order valence-electron chi connectivity index (χ2n) is 10.2. The summed E-state index contributed by atoms with van der Waals surface area (Å²) >= 11 is 0. The van der Waals surface area contributed by atoms with Gasteiger partial charge in [0.1, 0.15) is 17.9 Å². The Morgan fingerprint density at radius 1 is 1.09 bits per heavy atom. The first-order chi connectivity index (χ1) is 16.3. The number of hydrogen-bond acceptors (Lipinski definition) is 4. The predicted molar refractivity (Wildman–Crippen MR) is 124 cm³/mol. The van der Waals surface area contributed by atoms with E-state index in [-0.39, 0.29) is 42.8 Å². The van der Waals surface area contributed by atoms with Gasteiger partial charge in [0.2, 0.25) is 11.8 Å². The van der Waals surface area contributed by atoms with Crippen LogP contribution < -0.4 is 15.4 Å². The summed E-state index contributed by atoms with van der Waals surface area (Å²) in [6.45, 7) is 4.20. The molecule has 4 aliphatic rings. The number of piperidine rings is 1. The Morgan fingerprint density at radius 2 is 1.85 bits per heavy atom. The van der Waals surface area contributed by atoms with Crippen LogP contribution in [-0.2, 0) is 11.3 Å². The minimum Gasteiger partial charge on any atom is -0.489 e. The number of amides is 2. The lowest BCUT2D eigenvalue weighted by atomic mass is 9.88. The van der Waals surface area contributed by atoms with Crippen molar-refractivity contribution in [3.63, 3.8) is 0 Å². The highest BCUT2D eigenvalue weighted by Crippen LogP contribution is 2.35. The van der Waals surface area contributed by atoms with E-state index in [1.807, 2.05) is 12.1 Å². The molecule has 6 nitrogen and oxygen atoms in total. The lowest BCUT2D eigenvalue weighted by molar-refractivity contribution is -0.126. The Bertz CT molecular complexity index is 972. The number of nitrogens with one attached hydrogen (secondary N) is 2. The van der Waals surface area contributed by atoms with Gasteiger partial charge >= 0.3 is 0 Å². The van der Waals surface area contributed by atoms with E-state index in [1.165, 1.54) is 0 Å². The topological polar surface area (TPSA) is 70.7 Å². The zero-order valence-corrected chi connectivity index (χ0v) is 19.5. The normalized spacial score (nSPS) is 29.6. The summed E-state index contributed by atoms with van der Waals surface area (Å²) in [5.41, 5.74) is 2.18. The maximum atomic E-state index is 13.5. The number of benzene rings is 1. The molecule has 2 N–H and O–H groups in total. The summed E-state index contributed by atoms with van der Waals surface area (Å²) in [5.74, 6) is -2.11. The lowest BCUT2D eigenvalue weighted by Crippen LogP contribution is -2.50. The second kappa shape index (κ2) is 9.29. The minimum absolute atomic E-state index is 0.0300. The molecule has 2 heterocycles. The van der Waals surface area contributed by atoms with Crippen LogP contribution in [0.3, 0.4) is 0 Å². The Morgan fingerprint density at radius 3 is 2.62 bits per heavy atom. The van der Waals surface area contributed by atoms with Gasteiger partial charge in [-0.25, -0.2) is 8.78 Å². The van der Waals surface area contributed by atoms with Crippen molar-refractivity contribution in [1.29, 1.82) is 0 Å². The maximum Gasteiger partial charge on any atom is 0.255 e. The highest BCUT2D eigenvalue weighted by molar-refractivity contribution is 6.01. The summed E-state index contributed by atoms with van der Waals surface area (Å²) in [5, 5.41) is 6.37. The Hall–Kier alpha value is -2.48. The Balaban J connectivity index is 1.24. The predicted octanol–water partition coefficient (Wildman–Crippen LogP) is 4.29. The van der Waals surface area contributed by atoms with E-state index in [4.69, 9.17) is 4.74 Å². The molecule has 0 bridgehead atoms. The van der Waals surface area contributed by atoms with E-state index in [9.17, 15) is 18.4 Å². The van der Waals surface area contributed by atoms with E-state index in [1.54, 1.807) is 11.0 Å². The molecule has 3 atom stereocenters. The molecule has 0 spiro atoms. The number of nitrogens with zero attached hydrogens (tertiary/aromatic N) is 1. The van der Waals surface area contributed by atoms with E-state index in [2.05, 4.69) is 17.2 Å². The van der Waals surface area contributed by atoms with E-state index in [0.29, 0.717) is 49.2 Å². The monoisotopic (exact) mass is 473 g/mol. The van der Waals surface area contributed by atoms with Crippen molar-refractivity contribution in [3.05, 3.63) is 41.6 Å². The fraction of sp³-hybridized carbons (Fsp3) is 0.615. The number of carbonyl (C=O) groups is 2. The number of allylic oxidation sites excluding steroid dienone is 1. The van der Waals surface area contributed by atoms with Gasteiger partial charge in [-0.1, -0.05) is 13.0 Å². The molecule has 8 heteroatoms. The molecule has 2 saturated carbocycles. The number of carbonyl (C=O) groups excluding carboxylic acids is 2. The molecule has 34 heavy (non-hydrogen) atoms. The van der Waals surface area contributed by atoms with Crippen LogP contribution in [0.1, 0.15) is 80.1 Å². The molecule has 0 aromatic heterocycles. The van der Waals surface area contributed by atoms with Crippen LogP contribution in [0.15, 0.2) is 30.5 Å². The van der Waals surface area contributed by atoms with Crippen LogP contribution in [-0.4, -0.2) is 46.9 Å². The van der Waals surface area contributed by atoms with Gasteiger partial charge in [0.05, 0.1) is 0 Å². The molecule has 1 aromatic carbocycles. The standard InChI is InChI=1S/C26H33F2N3O3/c1-16-6-9-22(24(32)29-16)31-15-17-14-19(7-8-20(17)25(31)33)34-23-5-3-2-4-21(23)30-18-10-12-26(27,28)13-11-18/h7-8,14,18,21-23,30H,1-6,9-13,15H2,(H,29,32)/t21-,22?,23+/m0/s1. The van der Waals surface area contributed by atoms with Crippen LogP contribution in [0.2, 0.25) is 0 Å². The third-order valence-electron chi connectivity index (χ3n) is 7.76. The maximum absolute atomic E-state index is 13.5. The van der Waals surface area contributed by atoms with Crippen molar-refractivity contribution in [2.24, 2.45) is 0 Å². The van der Waals surface area contributed by atoms with E-state index in [0.717, 1.165) is 31.2 Å². The number of alkyl halides is 2. The fourth-order valence-electron chi connectivity index (χ4n) is 5.82. The van der Waals surface area contributed by atoms with Gasteiger partial charge in [-0.2, -0.15) is 0 Å². The van der Waals surface area contributed by atoms with Crippen molar-refractivity contribution in [2.75, 3.05) is 0 Å². The molecule has 5 rings (SSSR count). The number of hydrogen-bond donors (Lipinski definition) is 2. The molecular formula is C26H33F2N3O3. The second-order valence-corrected chi connectivity index (χ2v) is 10.2. The summed E-state index contributed by atoms with van der Waals surface area (Å²) in [6.07, 6.45) is 6.16. The van der Waals surface area contributed by atoms with Gasteiger partial charge in [-0.3, -0.25) is 9.59 Å². The summed E-state index contributed by atoms with van der Waals surface area (Å²) in [7, 11) is 0. The lowest BCUT2D eigenvalue weighted by Gasteiger charge is -2.37. The zero-order valence-electron chi connectivity index (χ0n) is 19.5. The van der Waals surface area contributed by atoms with E-state index < -0.39 is 12.0 Å². The van der Waals surface area contributed by atoms with Crippen molar-refractivity contribution in [1.82, 2.24) is 15.5 Å². The zero-order chi connectivity index (χ0) is 23.9.